The number of hydrogen-bond acceptors (Lipinski definition) is 7. The first kappa shape index (κ1) is 24.8. The van der Waals surface area contributed by atoms with Crippen LogP contribution in [-0.4, -0.2) is 35.8 Å². The highest BCUT2D eigenvalue weighted by atomic mass is 35.5. The number of aromatic nitrogens is 6. The lowest BCUT2D eigenvalue weighted by Crippen LogP contribution is -2.25. The highest BCUT2D eigenvalue weighted by Gasteiger charge is 2.23. The predicted octanol–water partition coefficient (Wildman–Crippen LogP) is 4.06. The maximum Gasteiger partial charge on any atom is 0.278 e. The van der Waals surface area contributed by atoms with Crippen molar-refractivity contribution in [2.45, 2.75) is 59.0 Å². The number of hydrogen-bond donors (Lipinski definition) is 2. The zero-order chi connectivity index (χ0) is 24.0. The first-order chi connectivity index (χ1) is 16.2. The van der Waals surface area contributed by atoms with Gasteiger partial charge in [-0.25, -0.2) is 24.3 Å². The third-order valence-corrected chi connectivity index (χ3v) is 5.99. The summed E-state index contributed by atoms with van der Waals surface area (Å²) in [5.74, 6) is 1.73. The fraction of sp³-hybridized carbons (Fsp3) is 0.400. The molecule has 0 saturated heterocycles. The van der Waals surface area contributed by atoms with Crippen molar-refractivity contribution >= 4 is 35.1 Å². The van der Waals surface area contributed by atoms with E-state index < -0.39 is 0 Å². The Kier molecular flexibility index (Phi) is 6.66. The quantitative estimate of drug-likeness (QED) is 0.441. The van der Waals surface area contributed by atoms with Gasteiger partial charge in [0.05, 0.1) is 0 Å². The first-order valence-electron chi connectivity index (χ1n) is 11.7. The monoisotopic (exact) mass is 494 g/mol. The van der Waals surface area contributed by atoms with E-state index in [0.717, 1.165) is 25.2 Å². The number of halogens is 1. The summed E-state index contributed by atoms with van der Waals surface area (Å²) in [5.41, 5.74) is 3.70. The van der Waals surface area contributed by atoms with Crippen molar-refractivity contribution in [3.8, 4) is 5.82 Å². The summed E-state index contributed by atoms with van der Waals surface area (Å²) < 4.78 is 3.45. The molecule has 4 heterocycles. The Balaban J connectivity index is 0.00000289. The minimum atomic E-state index is -0.231. The van der Waals surface area contributed by atoms with E-state index in [2.05, 4.69) is 53.5 Å². The molecule has 0 spiro atoms. The second-order valence-corrected chi connectivity index (χ2v) is 10.0. The molecule has 0 fully saturated rings. The molecule has 3 aromatic heterocycles. The third-order valence-electron chi connectivity index (χ3n) is 5.99. The van der Waals surface area contributed by atoms with Crippen LogP contribution in [0.3, 0.4) is 0 Å². The molecule has 0 unspecified atom stereocenters. The van der Waals surface area contributed by atoms with Crippen molar-refractivity contribution < 1.29 is 0 Å². The van der Waals surface area contributed by atoms with Crippen molar-refractivity contribution in [2.24, 2.45) is 0 Å². The van der Waals surface area contributed by atoms with Crippen LogP contribution < -0.4 is 16.2 Å². The molecule has 0 saturated carbocycles. The molecule has 1 aliphatic heterocycles. The van der Waals surface area contributed by atoms with Gasteiger partial charge in [-0.2, -0.15) is 4.98 Å². The van der Waals surface area contributed by atoms with Crippen molar-refractivity contribution in [1.82, 2.24) is 34.6 Å². The van der Waals surface area contributed by atoms with E-state index in [9.17, 15) is 4.79 Å². The van der Waals surface area contributed by atoms with Gasteiger partial charge in [0.15, 0.2) is 11.5 Å². The summed E-state index contributed by atoms with van der Waals surface area (Å²) >= 11 is 0. The van der Waals surface area contributed by atoms with Crippen LogP contribution in [0, 0.1) is 0 Å². The van der Waals surface area contributed by atoms with Gasteiger partial charge in [0.1, 0.15) is 11.2 Å². The van der Waals surface area contributed by atoms with Gasteiger partial charge in [-0.15, -0.1) is 12.4 Å². The van der Waals surface area contributed by atoms with Crippen LogP contribution in [0.4, 0.5) is 11.6 Å². The fourth-order valence-corrected chi connectivity index (χ4v) is 4.26. The Morgan fingerprint density at radius 3 is 2.63 bits per heavy atom. The van der Waals surface area contributed by atoms with Gasteiger partial charge in [-0.05, 0) is 50.1 Å². The number of nitrogens with zero attached hydrogens (tertiary/aromatic N) is 6. The van der Waals surface area contributed by atoms with Crippen LogP contribution in [0.15, 0.2) is 41.5 Å². The topological polar surface area (TPSA) is 103 Å². The normalized spacial score (nSPS) is 13.5. The molecule has 0 amide bonds. The third kappa shape index (κ3) is 4.66. The molecular formula is C25H31ClN8O. The lowest BCUT2D eigenvalue weighted by atomic mass is 9.96. The van der Waals surface area contributed by atoms with Crippen LogP contribution in [0.5, 0.6) is 0 Å². The number of nitrogens with one attached hydrogen (secondary N) is 2. The molecule has 4 aromatic rings. The molecule has 184 valence electrons. The summed E-state index contributed by atoms with van der Waals surface area (Å²) in [5, 5.41) is 7.16. The summed E-state index contributed by atoms with van der Waals surface area (Å²) in [6.45, 7) is 12.0. The van der Waals surface area contributed by atoms with E-state index >= 15 is 0 Å². The average Bonchev–Trinajstić information content (AvgIpc) is 3.10. The van der Waals surface area contributed by atoms with E-state index in [1.165, 1.54) is 11.1 Å². The second-order valence-electron chi connectivity index (χ2n) is 10.0. The number of benzene rings is 1. The van der Waals surface area contributed by atoms with Gasteiger partial charge < -0.3 is 10.6 Å². The maximum absolute atomic E-state index is 13.3. The van der Waals surface area contributed by atoms with E-state index in [-0.39, 0.29) is 29.4 Å². The van der Waals surface area contributed by atoms with Crippen molar-refractivity contribution in [3.63, 3.8) is 0 Å². The van der Waals surface area contributed by atoms with Crippen molar-refractivity contribution in [2.75, 3.05) is 11.9 Å². The molecule has 10 heteroatoms. The van der Waals surface area contributed by atoms with E-state index in [0.29, 0.717) is 28.6 Å². The minimum absolute atomic E-state index is 0. The van der Waals surface area contributed by atoms with Gasteiger partial charge in [-0.3, -0.25) is 4.79 Å². The molecule has 0 atom stereocenters. The predicted molar refractivity (Wildman–Crippen MR) is 140 cm³/mol. The Hall–Kier alpha value is -3.30. The average molecular weight is 495 g/mol. The molecule has 0 aliphatic carbocycles. The van der Waals surface area contributed by atoms with Gasteiger partial charge in [0.25, 0.3) is 5.56 Å². The molecule has 2 N–H and O–H groups in total. The van der Waals surface area contributed by atoms with Crippen LogP contribution in [0.2, 0.25) is 0 Å². The molecule has 5 rings (SSSR count). The van der Waals surface area contributed by atoms with Crippen LogP contribution in [-0.2, 0) is 18.4 Å². The highest BCUT2D eigenvalue weighted by Crippen LogP contribution is 2.24. The lowest BCUT2D eigenvalue weighted by molar-refractivity contribution is 0.467. The van der Waals surface area contributed by atoms with Crippen molar-refractivity contribution in [3.05, 3.63) is 64.0 Å². The van der Waals surface area contributed by atoms with E-state index in [1.807, 2.05) is 19.9 Å². The Labute approximate surface area is 210 Å². The number of rotatable bonds is 4. The van der Waals surface area contributed by atoms with Crippen LogP contribution >= 0.6 is 12.4 Å². The summed E-state index contributed by atoms with van der Waals surface area (Å²) in [6, 6.07) is 8.02. The van der Waals surface area contributed by atoms with Crippen LogP contribution in [0.25, 0.3) is 16.9 Å². The smallest absolute Gasteiger partial charge is 0.278 e. The fourth-order valence-electron chi connectivity index (χ4n) is 4.26. The molecule has 1 aromatic carbocycles. The molecule has 1 aliphatic rings. The Bertz CT molecular complexity index is 1430. The van der Waals surface area contributed by atoms with E-state index in [1.54, 1.807) is 27.8 Å². The maximum atomic E-state index is 13.3. The molecular weight excluding hydrogens is 464 g/mol. The zero-order valence-electron chi connectivity index (χ0n) is 20.7. The Morgan fingerprint density at radius 2 is 1.89 bits per heavy atom. The molecule has 0 bridgehead atoms. The molecule has 0 radical (unpaired) electrons. The van der Waals surface area contributed by atoms with E-state index in [4.69, 9.17) is 9.97 Å². The van der Waals surface area contributed by atoms with Crippen molar-refractivity contribution in [1.29, 1.82) is 0 Å². The Morgan fingerprint density at radius 1 is 1.09 bits per heavy atom. The SMILES string of the molecule is CC(C)n1c(=O)c2cnc(Nc3ccc4c(c3)CCNC4)nc2n1-c1ccnc(C(C)(C)C)n1.Cl. The van der Waals surface area contributed by atoms with Gasteiger partial charge >= 0.3 is 0 Å². The number of anilines is 2. The van der Waals surface area contributed by atoms with Gasteiger partial charge in [0, 0.05) is 42.1 Å². The van der Waals surface area contributed by atoms with Gasteiger partial charge in [-0.1, -0.05) is 26.8 Å². The standard InChI is InChI=1S/C25H30N8O.ClH/c1-15(2)32-22(34)19-14-28-24(29-18-7-6-17-13-26-10-8-16(17)12-18)31-21(19)33(32)20-9-11-27-23(30-20)25(3,4)5;/h6-7,9,11-12,14-15,26H,8,10,13H2,1-5H3,(H,28,29,31);1H. The lowest BCUT2D eigenvalue weighted by Gasteiger charge is -2.19. The van der Waals surface area contributed by atoms with Crippen LogP contribution in [0.1, 0.15) is 57.6 Å². The minimum Gasteiger partial charge on any atom is -0.324 e. The largest absolute Gasteiger partial charge is 0.324 e. The zero-order valence-corrected chi connectivity index (χ0v) is 21.5. The molecule has 9 nitrogen and oxygen atoms in total. The first-order valence-corrected chi connectivity index (χ1v) is 11.7. The summed E-state index contributed by atoms with van der Waals surface area (Å²) in [4.78, 5) is 31.7. The highest BCUT2D eigenvalue weighted by molar-refractivity contribution is 5.85. The van der Waals surface area contributed by atoms with Gasteiger partial charge in [0.2, 0.25) is 5.95 Å². The summed E-state index contributed by atoms with van der Waals surface area (Å²) in [7, 11) is 0. The molecule has 35 heavy (non-hydrogen) atoms. The number of fused-ring (bicyclic) bond motifs is 2. The second kappa shape index (κ2) is 9.39. The summed E-state index contributed by atoms with van der Waals surface area (Å²) in [6.07, 6.45) is 4.31.